The van der Waals surface area contributed by atoms with E-state index in [1.807, 2.05) is 53.9 Å². The van der Waals surface area contributed by atoms with E-state index in [1.54, 1.807) is 16.0 Å². The molecule has 1 aromatic carbocycles. The molecule has 3 heterocycles. The third-order valence-electron chi connectivity index (χ3n) is 5.31. The van der Waals surface area contributed by atoms with Gasteiger partial charge >= 0.3 is 0 Å². The SMILES string of the molecule is CC(C)N1CCC(NC(=O)c2cc(-c3cccs3)nn2-c2ccccc2)CC1. The van der Waals surface area contributed by atoms with Crippen molar-refractivity contribution >= 4 is 17.2 Å². The fourth-order valence-corrected chi connectivity index (χ4v) is 4.35. The van der Waals surface area contributed by atoms with Gasteiger partial charge in [0.25, 0.3) is 5.91 Å². The molecule has 1 N–H and O–H groups in total. The molecular weight excluding hydrogens is 368 g/mol. The Morgan fingerprint density at radius 2 is 1.89 bits per heavy atom. The molecule has 0 atom stereocenters. The van der Waals surface area contributed by atoms with E-state index in [2.05, 4.69) is 24.1 Å². The minimum absolute atomic E-state index is 0.0536. The predicted molar refractivity (Wildman–Crippen MR) is 114 cm³/mol. The van der Waals surface area contributed by atoms with Crippen molar-refractivity contribution < 1.29 is 4.79 Å². The summed E-state index contributed by atoms with van der Waals surface area (Å²) in [4.78, 5) is 16.7. The average molecular weight is 395 g/mol. The first kappa shape index (κ1) is 18.9. The highest BCUT2D eigenvalue weighted by Gasteiger charge is 2.25. The van der Waals surface area contributed by atoms with Gasteiger partial charge in [0.1, 0.15) is 11.4 Å². The van der Waals surface area contributed by atoms with Crippen LogP contribution in [0.25, 0.3) is 16.3 Å². The standard InChI is InChI=1S/C22H26N4OS/c1-16(2)25-12-10-17(11-13-25)23-22(27)20-15-19(21-9-6-14-28-21)24-26(20)18-7-4-3-5-8-18/h3-9,14-17H,10-13H2,1-2H3,(H,23,27). The second-order valence-corrected chi connectivity index (χ2v) is 8.46. The predicted octanol–water partition coefficient (Wildman–Crippen LogP) is 4.20. The number of piperidine rings is 1. The number of nitrogens with one attached hydrogen (secondary N) is 1. The van der Waals surface area contributed by atoms with Gasteiger partial charge in [0.05, 0.1) is 10.6 Å². The minimum Gasteiger partial charge on any atom is -0.348 e. The van der Waals surface area contributed by atoms with Crippen molar-refractivity contribution in [2.75, 3.05) is 13.1 Å². The van der Waals surface area contributed by atoms with E-state index in [1.165, 1.54) is 0 Å². The van der Waals surface area contributed by atoms with Crippen molar-refractivity contribution in [1.29, 1.82) is 0 Å². The van der Waals surface area contributed by atoms with Gasteiger partial charge in [-0.1, -0.05) is 24.3 Å². The summed E-state index contributed by atoms with van der Waals surface area (Å²) in [7, 11) is 0. The maximum Gasteiger partial charge on any atom is 0.270 e. The van der Waals surface area contributed by atoms with Crippen molar-refractivity contribution in [2.24, 2.45) is 0 Å². The monoisotopic (exact) mass is 394 g/mol. The quantitative estimate of drug-likeness (QED) is 0.705. The van der Waals surface area contributed by atoms with Crippen LogP contribution in [0.2, 0.25) is 0 Å². The van der Waals surface area contributed by atoms with Gasteiger partial charge in [-0.05, 0) is 56.3 Å². The molecule has 0 unspecified atom stereocenters. The van der Waals surface area contributed by atoms with Crippen LogP contribution in [0.4, 0.5) is 0 Å². The van der Waals surface area contributed by atoms with Gasteiger partial charge in [0.2, 0.25) is 0 Å². The molecule has 1 fully saturated rings. The lowest BCUT2D eigenvalue weighted by Crippen LogP contribution is -2.46. The number of aromatic nitrogens is 2. The Labute approximate surface area is 170 Å². The van der Waals surface area contributed by atoms with E-state index in [9.17, 15) is 4.79 Å². The van der Waals surface area contributed by atoms with Crippen LogP contribution in [0.5, 0.6) is 0 Å². The summed E-state index contributed by atoms with van der Waals surface area (Å²) < 4.78 is 1.76. The largest absolute Gasteiger partial charge is 0.348 e. The van der Waals surface area contributed by atoms with Gasteiger partial charge in [0, 0.05) is 25.2 Å². The molecule has 2 aromatic heterocycles. The molecule has 28 heavy (non-hydrogen) atoms. The number of nitrogens with zero attached hydrogens (tertiary/aromatic N) is 3. The molecule has 0 bridgehead atoms. The highest BCUT2D eigenvalue weighted by molar-refractivity contribution is 7.13. The third-order valence-corrected chi connectivity index (χ3v) is 6.20. The van der Waals surface area contributed by atoms with Crippen LogP contribution >= 0.6 is 11.3 Å². The van der Waals surface area contributed by atoms with Crippen molar-refractivity contribution in [1.82, 2.24) is 20.0 Å². The number of likely N-dealkylation sites (tertiary alicyclic amines) is 1. The summed E-state index contributed by atoms with van der Waals surface area (Å²) in [6, 6.07) is 16.6. The molecule has 6 heteroatoms. The molecule has 3 aromatic rings. The normalized spacial score (nSPS) is 15.8. The van der Waals surface area contributed by atoms with Gasteiger partial charge in [-0.3, -0.25) is 4.79 Å². The number of para-hydroxylation sites is 1. The first-order chi connectivity index (χ1) is 13.6. The zero-order valence-electron chi connectivity index (χ0n) is 16.3. The molecule has 1 aliphatic heterocycles. The minimum atomic E-state index is -0.0536. The van der Waals surface area contributed by atoms with Crippen LogP contribution in [0.3, 0.4) is 0 Å². The van der Waals surface area contributed by atoms with E-state index < -0.39 is 0 Å². The number of rotatable bonds is 5. The zero-order chi connectivity index (χ0) is 19.5. The summed E-state index contributed by atoms with van der Waals surface area (Å²) in [5.74, 6) is -0.0536. The van der Waals surface area contributed by atoms with Crippen LogP contribution in [-0.4, -0.2) is 45.8 Å². The highest BCUT2D eigenvalue weighted by Crippen LogP contribution is 2.26. The fraction of sp³-hybridized carbons (Fsp3) is 0.364. The van der Waals surface area contributed by atoms with Crippen LogP contribution < -0.4 is 5.32 Å². The smallest absolute Gasteiger partial charge is 0.270 e. The van der Waals surface area contributed by atoms with Crippen molar-refractivity contribution in [2.45, 2.75) is 38.8 Å². The number of benzene rings is 1. The topological polar surface area (TPSA) is 50.2 Å². The summed E-state index contributed by atoms with van der Waals surface area (Å²) in [6.45, 7) is 6.51. The number of hydrogen-bond acceptors (Lipinski definition) is 4. The Hall–Kier alpha value is -2.44. The van der Waals surface area contributed by atoms with Gasteiger partial charge in [-0.15, -0.1) is 11.3 Å². The Morgan fingerprint density at radius 3 is 2.54 bits per heavy atom. The van der Waals surface area contributed by atoms with E-state index in [0.717, 1.165) is 42.2 Å². The van der Waals surface area contributed by atoms with Crippen LogP contribution in [0.1, 0.15) is 37.2 Å². The summed E-state index contributed by atoms with van der Waals surface area (Å²) in [5, 5.41) is 10.00. The second-order valence-electron chi connectivity index (χ2n) is 7.52. The summed E-state index contributed by atoms with van der Waals surface area (Å²) >= 11 is 1.63. The Balaban J connectivity index is 1.57. The molecule has 5 nitrogen and oxygen atoms in total. The fourth-order valence-electron chi connectivity index (χ4n) is 3.67. The number of carbonyl (C=O) groups excluding carboxylic acids is 1. The lowest BCUT2D eigenvalue weighted by Gasteiger charge is -2.34. The molecular formula is C22H26N4OS. The molecule has 146 valence electrons. The zero-order valence-corrected chi connectivity index (χ0v) is 17.2. The van der Waals surface area contributed by atoms with E-state index in [0.29, 0.717) is 11.7 Å². The van der Waals surface area contributed by atoms with E-state index in [-0.39, 0.29) is 11.9 Å². The lowest BCUT2D eigenvalue weighted by atomic mass is 10.0. The maximum absolute atomic E-state index is 13.1. The first-order valence-corrected chi connectivity index (χ1v) is 10.7. The molecule has 0 saturated carbocycles. The van der Waals surface area contributed by atoms with Crippen LogP contribution in [0, 0.1) is 0 Å². The average Bonchev–Trinajstić information content (AvgIpc) is 3.39. The van der Waals surface area contributed by atoms with Gasteiger partial charge in [-0.2, -0.15) is 5.10 Å². The van der Waals surface area contributed by atoms with Crippen molar-refractivity contribution in [3.63, 3.8) is 0 Å². The van der Waals surface area contributed by atoms with Crippen molar-refractivity contribution in [3.8, 4) is 16.3 Å². The summed E-state index contributed by atoms with van der Waals surface area (Å²) in [5.41, 5.74) is 2.31. The summed E-state index contributed by atoms with van der Waals surface area (Å²) in [6.07, 6.45) is 1.97. The number of hydrogen-bond donors (Lipinski definition) is 1. The van der Waals surface area contributed by atoms with E-state index in [4.69, 9.17) is 5.10 Å². The van der Waals surface area contributed by atoms with Gasteiger partial charge in [0.15, 0.2) is 0 Å². The van der Waals surface area contributed by atoms with Gasteiger partial charge < -0.3 is 10.2 Å². The molecule has 1 saturated heterocycles. The van der Waals surface area contributed by atoms with Gasteiger partial charge in [-0.25, -0.2) is 4.68 Å². The number of thiophene rings is 1. The molecule has 0 aliphatic carbocycles. The molecule has 0 spiro atoms. The third kappa shape index (κ3) is 4.03. The highest BCUT2D eigenvalue weighted by atomic mass is 32.1. The number of carbonyl (C=O) groups is 1. The van der Waals surface area contributed by atoms with E-state index >= 15 is 0 Å². The van der Waals surface area contributed by atoms with Crippen molar-refractivity contribution in [3.05, 3.63) is 59.6 Å². The lowest BCUT2D eigenvalue weighted by molar-refractivity contribution is 0.0893. The Morgan fingerprint density at radius 1 is 1.14 bits per heavy atom. The molecule has 4 rings (SSSR count). The molecule has 1 aliphatic rings. The van der Waals surface area contributed by atoms with Crippen LogP contribution in [-0.2, 0) is 0 Å². The Kier molecular flexibility index (Phi) is 5.59. The molecule has 0 radical (unpaired) electrons. The Bertz CT molecular complexity index is 909. The molecule has 1 amide bonds. The number of amides is 1. The maximum atomic E-state index is 13.1. The first-order valence-electron chi connectivity index (χ1n) is 9.86. The van der Waals surface area contributed by atoms with Crippen LogP contribution in [0.15, 0.2) is 53.9 Å². The second kappa shape index (κ2) is 8.29.